The van der Waals surface area contributed by atoms with Crippen molar-refractivity contribution in [3.05, 3.63) is 24.3 Å². The molecule has 0 saturated carbocycles. The number of rotatable bonds is 7. The number of ether oxygens (including phenoxy) is 1. The standard InChI is InChI=1S/C15H22N2O2S.ClH/c1-2-19-13-5-7-14(8-6-13)20-11-15(18)17-10-12-4-3-9-16-12;/h5-8,12,16H,2-4,9-11H2,1H3,(H,17,18);1H. The van der Waals surface area contributed by atoms with Crippen LogP contribution in [0, 0.1) is 0 Å². The highest BCUT2D eigenvalue weighted by molar-refractivity contribution is 8.00. The lowest BCUT2D eigenvalue weighted by Crippen LogP contribution is -2.37. The number of amides is 1. The molecule has 21 heavy (non-hydrogen) atoms. The summed E-state index contributed by atoms with van der Waals surface area (Å²) in [5, 5.41) is 6.35. The summed E-state index contributed by atoms with van der Waals surface area (Å²) in [6, 6.07) is 8.30. The van der Waals surface area contributed by atoms with Crippen LogP contribution in [0.2, 0.25) is 0 Å². The average Bonchev–Trinajstić information content (AvgIpc) is 2.98. The second-order valence-corrected chi connectivity index (χ2v) is 5.84. The van der Waals surface area contributed by atoms with Crippen LogP contribution in [0.3, 0.4) is 0 Å². The van der Waals surface area contributed by atoms with Crippen LogP contribution in [0.5, 0.6) is 5.75 Å². The molecule has 118 valence electrons. The Morgan fingerprint density at radius 3 is 2.81 bits per heavy atom. The predicted octanol–water partition coefficient (Wildman–Crippen LogP) is 2.47. The van der Waals surface area contributed by atoms with E-state index in [9.17, 15) is 4.79 Å². The second-order valence-electron chi connectivity index (χ2n) is 4.79. The molecule has 1 atom stereocenters. The van der Waals surface area contributed by atoms with Crippen molar-refractivity contribution in [1.29, 1.82) is 0 Å². The summed E-state index contributed by atoms with van der Waals surface area (Å²) in [6.07, 6.45) is 2.37. The van der Waals surface area contributed by atoms with E-state index in [1.165, 1.54) is 6.42 Å². The van der Waals surface area contributed by atoms with Crippen LogP contribution >= 0.6 is 24.2 Å². The minimum absolute atomic E-state index is 0. The lowest BCUT2D eigenvalue weighted by atomic mass is 10.2. The molecule has 0 spiro atoms. The highest BCUT2D eigenvalue weighted by Crippen LogP contribution is 2.21. The van der Waals surface area contributed by atoms with Crippen LogP contribution < -0.4 is 15.4 Å². The van der Waals surface area contributed by atoms with Gasteiger partial charge in [-0.2, -0.15) is 0 Å². The van der Waals surface area contributed by atoms with Crippen molar-refractivity contribution in [3.8, 4) is 5.75 Å². The predicted molar refractivity (Wildman–Crippen MR) is 89.6 cm³/mol. The fourth-order valence-electron chi connectivity index (χ4n) is 2.17. The molecule has 1 amide bonds. The Balaban J connectivity index is 0.00000220. The molecule has 0 radical (unpaired) electrons. The first-order chi connectivity index (χ1) is 9.78. The molecule has 0 aromatic heterocycles. The Bertz CT molecular complexity index is 422. The van der Waals surface area contributed by atoms with Crippen molar-refractivity contribution in [2.45, 2.75) is 30.7 Å². The van der Waals surface area contributed by atoms with Crippen molar-refractivity contribution in [3.63, 3.8) is 0 Å². The van der Waals surface area contributed by atoms with Gasteiger partial charge in [0.2, 0.25) is 5.91 Å². The fourth-order valence-corrected chi connectivity index (χ4v) is 2.90. The molecule has 2 N–H and O–H groups in total. The van der Waals surface area contributed by atoms with Crippen molar-refractivity contribution in [2.75, 3.05) is 25.4 Å². The third-order valence-electron chi connectivity index (χ3n) is 3.21. The van der Waals surface area contributed by atoms with E-state index in [0.29, 0.717) is 18.4 Å². The Labute approximate surface area is 136 Å². The van der Waals surface area contributed by atoms with E-state index in [4.69, 9.17) is 4.74 Å². The maximum absolute atomic E-state index is 11.8. The molecule has 1 aliphatic heterocycles. The van der Waals surface area contributed by atoms with Crippen LogP contribution in [0.15, 0.2) is 29.2 Å². The average molecular weight is 331 g/mol. The lowest BCUT2D eigenvalue weighted by Gasteiger charge is -2.11. The van der Waals surface area contributed by atoms with E-state index >= 15 is 0 Å². The number of hydrogen-bond acceptors (Lipinski definition) is 4. The number of thioether (sulfide) groups is 1. The minimum atomic E-state index is 0. The van der Waals surface area contributed by atoms with E-state index < -0.39 is 0 Å². The smallest absolute Gasteiger partial charge is 0.230 e. The van der Waals surface area contributed by atoms with Crippen molar-refractivity contribution >= 4 is 30.1 Å². The van der Waals surface area contributed by atoms with Gasteiger partial charge in [-0.05, 0) is 50.6 Å². The van der Waals surface area contributed by atoms with Crippen molar-refractivity contribution in [2.24, 2.45) is 0 Å². The molecular formula is C15H23ClN2O2S. The van der Waals surface area contributed by atoms with Gasteiger partial charge in [-0.25, -0.2) is 0 Å². The van der Waals surface area contributed by atoms with Gasteiger partial charge in [-0.1, -0.05) is 0 Å². The van der Waals surface area contributed by atoms with E-state index in [1.807, 2.05) is 31.2 Å². The van der Waals surface area contributed by atoms with E-state index in [2.05, 4.69) is 10.6 Å². The first kappa shape index (κ1) is 18.1. The molecule has 2 rings (SSSR count). The van der Waals surface area contributed by atoms with E-state index in [1.54, 1.807) is 11.8 Å². The molecule has 6 heteroatoms. The number of hydrogen-bond donors (Lipinski definition) is 2. The molecule has 4 nitrogen and oxygen atoms in total. The fraction of sp³-hybridized carbons (Fsp3) is 0.533. The van der Waals surface area contributed by atoms with Gasteiger partial charge in [0, 0.05) is 17.5 Å². The maximum atomic E-state index is 11.8. The number of carbonyl (C=O) groups excluding carboxylic acids is 1. The monoisotopic (exact) mass is 330 g/mol. The Kier molecular flexibility index (Phi) is 8.57. The van der Waals surface area contributed by atoms with Crippen molar-refractivity contribution in [1.82, 2.24) is 10.6 Å². The molecule has 1 aromatic rings. The Morgan fingerprint density at radius 2 is 2.19 bits per heavy atom. The molecule has 1 unspecified atom stereocenters. The largest absolute Gasteiger partial charge is 0.494 e. The minimum Gasteiger partial charge on any atom is -0.494 e. The number of halogens is 1. The second kappa shape index (κ2) is 9.92. The van der Waals surface area contributed by atoms with Crippen molar-refractivity contribution < 1.29 is 9.53 Å². The Hall–Kier alpha value is -0.910. The van der Waals surface area contributed by atoms with Crippen LogP contribution in [-0.2, 0) is 4.79 Å². The third kappa shape index (κ3) is 6.59. The summed E-state index contributed by atoms with van der Waals surface area (Å²) in [7, 11) is 0. The van der Waals surface area contributed by atoms with Crippen LogP contribution in [0.25, 0.3) is 0 Å². The number of benzene rings is 1. The first-order valence-corrected chi connectivity index (χ1v) is 8.12. The quantitative estimate of drug-likeness (QED) is 0.754. The summed E-state index contributed by atoms with van der Waals surface area (Å²) in [6.45, 7) is 4.44. The number of carbonyl (C=O) groups is 1. The van der Waals surface area contributed by atoms with Crippen LogP contribution in [0.4, 0.5) is 0 Å². The van der Waals surface area contributed by atoms with Gasteiger partial charge in [-0.15, -0.1) is 24.2 Å². The van der Waals surface area contributed by atoms with Gasteiger partial charge < -0.3 is 15.4 Å². The molecule has 0 aliphatic carbocycles. The van der Waals surface area contributed by atoms with Gasteiger partial charge in [-0.3, -0.25) is 4.79 Å². The topological polar surface area (TPSA) is 50.4 Å². The third-order valence-corrected chi connectivity index (χ3v) is 4.22. The summed E-state index contributed by atoms with van der Waals surface area (Å²) in [4.78, 5) is 12.8. The Morgan fingerprint density at radius 1 is 1.43 bits per heavy atom. The summed E-state index contributed by atoms with van der Waals surface area (Å²) in [5.41, 5.74) is 0. The lowest BCUT2D eigenvalue weighted by molar-refractivity contribution is -0.118. The van der Waals surface area contributed by atoms with Crippen LogP contribution in [-0.4, -0.2) is 37.4 Å². The van der Waals surface area contributed by atoms with Gasteiger partial charge in [0.05, 0.1) is 12.4 Å². The zero-order valence-corrected chi connectivity index (χ0v) is 13.9. The summed E-state index contributed by atoms with van der Waals surface area (Å²) >= 11 is 1.55. The highest BCUT2D eigenvalue weighted by atomic mass is 35.5. The van der Waals surface area contributed by atoms with Gasteiger partial charge in [0.25, 0.3) is 0 Å². The molecule has 1 aliphatic rings. The summed E-state index contributed by atoms with van der Waals surface area (Å²) in [5.74, 6) is 1.42. The molecule has 1 fully saturated rings. The molecule has 1 heterocycles. The molecule has 1 aromatic carbocycles. The zero-order chi connectivity index (χ0) is 14.2. The van der Waals surface area contributed by atoms with Gasteiger partial charge in [0.15, 0.2) is 0 Å². The highest BCUT2D eigenvalue weighted by Gasteiger charge is 2.14. The zero-order valence-electron chi connectivity index (χ0n) is 12.3. The van der Waals surface area contributed by atoms with E-state index in [-0.39, 0.29) is 18.3 Å². The maximum Gasteiger partial charge on any atom is 0.230 e. The number of nitrogens with one attached hydrogen (secondary N) is 2. The van der Waals surface area contributed by atoms with E-state index in [0.717, 1.165) is 30.2 Å². The summed E-state index contributed by atoms with van der Waals surface area (Å²) < 4.78 is 5.39. The normalized spacial score (nSPS) is 17.1. The van der Waals surface area contributed by atoms with Gasteiger partial charge >= 0.3 is 0 Å². The molecule has 1 saturated heterocycles. The van der Waals surface area contributed by atoms with Gasteiger partial charge in [0.1, 0.15) is 5.75 Å². The first-order valence-electron chi connectivity index (χ1n) is 7.13. The molecule has 0 bridgehead atoms. The SMILES string of the molecule is CCOc1ccc(SCC(=O)NCC2CCCN2)cc1.Cl. The van der Waals surface area contributed by atoms with Crippen LogP contribution in [0.1, 0.15) is 19.8 Å². The molecular weight excluding hydrogens is 308 g/mol.